The minimum Gasteiger partial charge on any atom is -0.389 e. The van der Waals surface area contributed by atoms with Crippen molar-refractivity contribution in [3.8, 4) is 0 Å². The molecule has 0 aromatic heterocycles. The van der Waals surface area contributed by atoms with E-state index in [0.717, 1.165) is 0 Å². The van der Waals surface area contributed by atoms with E-state index in [0.29, 0.717) is 11.3 Å². The first-order valence-electron chi connectivity index (χ1n) is 6.00. The number of hydrogen-bond acceptors (Lipinski definition) is 3. The summed E-state index contributed by atoms with van der Waals surface area (Å²) in [5.74, 6) is -0.433. The number of carbonyl (C=O) groups is 1. The van der Waals surface area contributed by atoms with Gasteiger partial charge in [0.25, 0.3) is 0 Å². The normalized spacial score (nSPS) is 13.1. The predicted octanol–water partition coefficient (Wildman–Crippen LogP) is 2.65. The highest BCUT2D eigenvalue weighted by molar-refractivity contribution is 5.90. The molecule has 1 atom stereocenters. The summed E-state index contributed by atoms with van der Waals surface area (Å²) in [6.45, 7) is -0.0357. The van der Waals surface area contributed by atoms with Gasteiger partial charge in [-0.15, -0.1) is 0 Å². The van der Waals surface area contributed by atoms with E-state index in [4.69, 9.17) is 0 Å². The number of alkyl halides is 3. The second-order valence-electron chi connectivity index (χ2n) is 4.26. The van der Waals surface area contributed by atoms with Crippen molar-refractivity contribution in [1.82, 2.24) is 0 Å². The van der Waals surface area contributed by atoms with Gasteiger partial charge in [0.2, 0.25) is 5.91 Å². The molecule has 0 saturated heterocycles. The molecule has 0 aliphatic heterocycles. The van der Waals surface area contributed by atoms with E-state index in [1.807, 2.05) is 0 Å². The summed E-state index contributed by atoms with van der Waals surface area (Å²) in [5.41, 5.74) is 1.21. The summed E-state index contributed by atoms with van der Waals surface area (Å²) < 4.78 is 39.7. The Balaban J connectivity index is 2.32. The van der Waals surface area contributed by atoms with Crippen LogP contribution in [-0.4, -0.2) is 30.4 Å². The Labute approximate surface area is 114 Å². The topological polar surface area (TPSA) is 58.6 Å². The number of benzene rings is 1. The van der Waals surface area contributed by atoms with Crippen molar-refractivity contribution in [1.29, 1.82) is 0 Å². The van der Waals surface area contributed by atoms with Gasteiger partial charge in [0.1, 0.15) is 6.61 Å². The molecule has 1 amide bonds. The predicted molar refractivity (Wildman–Crippen MR) is 67.2 cm³/mol. The minimum absolute atomic E-state index is 0.158. The molecule has 0 aliphatic carbocycles. The molecule has 0 fully saturated rings. The van der Waals surface area contributed by atoms with Crippen molar-refractivity contribution in [3.63, 3.8) is 0 Å². The fourth-order valence-electron chi connectivity index (χ4n) is 1.42. The summed E-state index contributed by atoms with van der Waals surface area (Å²) in [7, 11) is 0. The minimum atomic E-state index is -4.38. The highest BCUT2D eigenvalue weighted by Gasteiger charge is 2.27. The zero-order valence-electron chi connectivity index (χ0n) is 10.9. The van der Waals surface area contributed by atoms with Crippen LogP contribution in [0.15, 0.2) is 24.3 Å². The highest BCUT2D eigenvalue weighted by atomic mass is 19.4. The standard InChI is InChI=1S/C13H16F3NO3/c1-9(18)10-2-4-11(5-3-10)17-12(19)6-7-20-8-13(14,15)16/h2-5,9,18H,6-8H2,1H3,(H,17,19). The summed E-state index contributed by atoms with van der Waals surface area (Å²) in [4.78, 5) is 11.4. The summed E-state index contributed by atoms with van der Waals surface area (Å²) in [6, 6.07) is 6.52. The van der Waals surface area contributed by atoms with Crippen LogP contribution in [-0.2, 0) is 9.53 Å². The van der Waals surface area contributed by atoms with E-state index < -0.39 is 24.8 Å². The number of ether oxygens (including phenoxy) is 1. The molecule has 0 spiro atoms. The molecule has 1 unspecified atom stereocenters. The Bertz CT molecular complexity index is 429. The van der Waals surface area contributed by atoms with Gasteiger partial charge >= 0.3 is 6.18 Å². The number of aliphatic hydroxyl groups excluding tert-OH is 1. The third-order valence-electron chi connectivity index (χ3n) is 2.42. The quantitative estimate of drug-likeness (QED) is 0.792. The average Bonchev–Trinajstić information content (AvgIpc) is 2.34. The van der Waals surface area contributed by atoms with Crippen LogP contribution in [0.25, 0.3) is 0 Å². The van der Waals surface area contributed by atoms with Crippen LogP contribution < -0.4 is 5.32 Å². The number of amides is 1. The maximum Gasteiger partial charge on any atom is 0.411 e. The Hall–Kier alpha value is -1.60. The van der Waals surface area contributed by atoms with Gasteiger partial charge in [-0.05, 0) is 24.6 Å². The molecule has 0 heterocycles. The molecule has 0 aliphatic rings. The van der Waals surface area contributed by atoms with Gasteiger partial charge in [0.05, 0.1) is 19.1 Å². The van der Waals surface area contributed by atoms with E-state index >= 15 is 0 Å². The maximum atomic E-state index is 11.8. The SMILES string of the molecule is CC(O)c1ccc(NC(=O)CCOCC(F)(F)F)cc1. The second kappa shape index (κ2) is 7.25. The molecule has 1 aromatic carbocycles. The van der Waals surface area contributed by atoms with Crippen molar-refractivity contribution >= 4 is 11.6 Å². The van der Waals surface area contributed by atoms with Crippen LogP contribution in [0.5, 0.6) is 0 Å². The first-order valence-corrected chi connectivity index (χ1v) is 6.00. The first-order chi connectivity index (χ1) is 9.28. The highest BCUT2D eigenvalue weighted by Crippen LogP contribution is 2.16. The molecule has 112 valence electrons. The van der Waals surface area contributed by atoms with Gasteiger partial charge < -0.3 is 15.2 Å². The lowest BCUT2D eigenvalue weighted by molar-refractivity contribution is -0.174. The van der Waals surface area contributed by atoms with Crippen LogP contribution in [0.2, 0.25) is 0 Å². The van der Waals surface area contributed by atoms with Crippen LogP contribution in [0.3, 0.4) is 0 Å². The van der Waals surface area contributed by atoms with Crippen molar-refractivity contribution < 1.29 is 27.8 Å². The summed E-state index contributed by atoms with van der Waals surface area (Å²) in [5, 5.41) is 11.8. The molecule has 1 rings (SSSR count). The van der Waals surface area contributed by atoms with E-state index in [1.54, 1.807) is 31.2 Å². The number of anilines is 1. The summed E-state index contributed by atoms with van der Waals surface area (Å²) >= 11 is 0. The van der Waals surface area contributed by atoms with Crippen molar-refractivity contribution in [2.24, 2.45) is 0 Å². The lowest BCUT2D eigenvalue weighted by atomic mass is 10.1. The van der Waals surface area contributed by atoms with E-state index in [1.165, 1.54) is 0 Å². The molecule has 0 radical (unpaired) electrons. The molecular formula is C13H16F3NO3. The Morgan fingerprint density at radius 3 is 2.45 bits per heavy atom. The lowest BCUT2D eigenvalue weighted by Gasteiger charge is -2.09. The number of carbonyl (C=O) groups excluding carboxylic acids is 1. The average molecular weight is 291 g/mol. The van der Waals surface area contributed by atoms with Crippen molar-refractivity contribution in [2.45, 2.75) is 25.6 Å². The molecule has 2 N–H and O–H groups in total. The third kappa shape index (κ3) is 6.53. The Morgan fingerprint density at radius 1 is 1.35 bits per heavy atom. The van der Waals surface area contributed by atoms with E-state index in [2.05, 4.69) is 10.1 Å². The Morgan fingerprint density at radius 2 is 1.95 bits per heavy atom. The molecular weight excluding hydrogens is 275 g/mol. The smallest absolute Gasteiger partial charge is 0.389 e. The zero-order chi connectivity index (χ0) is 15.2. The Kier molecular flexibility index (Phi) is 5.97. The monoisotopic (exact) mass is 291 g/mol. The van der Waals surface area contributed by atoms with Crippen molar-refractivity contribution in [3.05, 3.63) is 29.8 Å². The number of nitrogens with one attached hydrogen (secondary N) is 1. The fourth-order valence-corrected chi connectivity index (χ4v) is 1.42. The van der Waals surface area contributed by atoms with Crippen LogP contribution in [0.4, 0.5) is 18.9 Å². The van der Waals surface area contributed by atoms with Gasteiger partial charge in [0, 0.05) is 5.69 Å². The number of rotatable bonds is 6. The number of halogens is 3. The van der Waals surface area contributed by atoms with Gasteiger partial charge in [-0.1, -0.05) is 12.1 Å². The van der Waals surface area contributed by atoms with Crippen LogP contribution in [0.1, 0.15) is 25.0 Å². The largest absolute Gasteiger partial charge is 0.411 e. The third-order valence-corrected chi connectivity index (χ3v) is 2.42. The molecule has 0 saturated carbocycles. The summed E-state index contributed by atoms with van der Waals surface area (Å²) in [6.07, 6.45) is -5.14. The lowest BCUT2D eigenvalue weighted by Crippen LogP contribution is -2.20. The molecule has 1 aromatic rings. The van der Waals surface area contributed by atoms with Gasteiger partial charge in [-0.2, -0.15) is 13.2 Å². The van der Waals surface area contributed by atoms with Gasteiger partial charge in [0.15, 0.2) is 0 Å². The van der Waals surface area contributed by atoms with E-state index in [9.17, 15) is 23.1 Å². The second-order valence-corrected chi connectivity index (χ2v) is 4.26. The molecule has 4 nitrogen and oxygen atoms in total. The number of aliphatic hydroxyl groups is 1. The fraction of sp³-hybridized carbons (Fsp3) is 0.462. The van der Waals surface area contributed by atoms with Crippen LogP contribution >= 0.6 is 0 Å². The molecule has 7 heteroatoms. The van der Waals surface area contributed by atoms with Gasteiger partial charge in [-0.3, -0.25) is 4.79 Å². The molecule has 20 heavy (non-hydrogen) atoms. The number of hydrogen-bond donors (Lipinski definition) is 2. The van der Waals surface area contributed by atoms with E-state index in [-0.39, 0.29) is 13.0 Å². The van der Waals surface area contributed by atoms with Crippen LogP contribution in [0, 0.1) is 0 Å². The van der Waals surface area contributed by atoms with Gasteiger partial charge in [-0.25, -0.2) is 0 Å². The maximum absolute atomic E-state index is 11.8. The zero-order valence-corrected chi connectivity index (χ0v) is 10.9. The first kappa shape index (κ1) is 16.5. The van der Waals surface area contributed by atoms with Crippen molar-refractivity contribution in [2.75, 3.05) is 18.5 Å². The molecule has 0 bridgehead atoms.